The van der Waals surface area contributed by atoms with Crippen molar-refractivity contribution in [2.75, 3.05) is 0 Å². The molecular formula is C46H50N2O6. The van der Waals surface area contributed by atoms with Gasteiger partial charge in [0.2, 0.25) is 0 Å². The molecule has 0 amide bonds. The van der Waals surface area contributed by atoms with E-state index in [-0.39, 0.29) is 35.3 Å². The Morgan fingerprint density at radius 3 is 1.22 bits per heavy atom. The van der Waals surface area contributed by atoms with Gasteiger partial charge in [0, 0.05) is 61.0 Å². The molecule has 4 aliphatic rings. The molecule has 0 radical (unpaired) electrons. The van der Waals surface area contributed by atoms with Crippen molar-refractivity contribution in [2.45, 2.75) is 90.3 Å². The quantitative estimate of drug-likeness (QED) is 0.126. The van der Waals surface area contributed by atoms with Crippen LogP contribution in [0.15, 0.2) is 84.9 Å². The van der Waals surface area contributed by atoms with Crippen molar-refractivity contribution in [3.8, 4) is 0 Å². The van der Waals surface area contributed by atoms with Crippen molar-refractivity contribution in [3.05, 3.63) is 130 Å². The summed E-state index contributed by atoms with van der Waals surface area (Å²) < 4.78 is 0. The van der Waals surface area contributed by atoms with Crippen LogP contribution < -0.4 is 0 Å². The molecule has 4 aliphatic carbocycles. The van der Waals surface area contributed by atoms with E-state index in [1.54, 1.807) is 12.1 Å². The number of pyridine rings is 2. The predicted molar refractivity (Wildman–Crippen MR) is 206 cm³/mol. The summed E-state index contributed by atoms with van der Waals surface area (Å²) in [5.41, 5.74) is 5.70. The number of fused-ring (bicyclic) bond motifs is 2. The molecular weight excluding hydrogens is 677 g/mol. The number of rotatable bonds is 14. The van der Waals surface area contributed by atoms with Gasteiger partial charge in [0.15, 0.2) is 23.1 Å². The van der Waals surface area contributed by atoms with E-state index in [1.807, 2.05) is 86.6 Å². The van der Waals surface area contributed by atoms with Crippen LogP contribution in [0.1, 0.15) is 129 Å². The number of nitrogens with zero attached hydrogens (tertiary/aromatic N) is 2. The van der Waals surface area contributed by atoms with Gasteiger partial charge < -0.3 is 10.2 Å². The average molecular weight is 727 g/mol. The maximum Gasteiger partial charge on any atom is 0.180 e. The molecule has 8 rings (SSSR count). The molecule has 2 N–H and O–H groups in total. The number of carbonyl (C=O) groups is 4. The van der Waals surface area contributed by atoms with Crippen molar-refractivity contribution in [1.29, 1.82) is 0 Å². The van der Waals surface area contributed by atoms with Gasteiger partial charge in [0.25, 0.3) is 0 Å². The fourth-order valence-electron chi connectivity index (χ4n) is 9.10. The molecule has 4 fully saturated rings. The summed E-state index contributed by atoms with van der Waals surface area (Å²) in [6, 6.07) is 26.9. The third kappa shape index (κ3) is 8.82. The minimum Gasteiger partial charge on any atom is -0.393 e. The summed E-state index contributed by atoms with van der Waals surface area (Å²) in [4.78, 5) is 59.2. The number of aromatic nitrogens is 2. The molecule has 2 aromatic carbocycles. The van der Waals surface area contributed by atoms with Gasteiger partial charge in [-0.3, -0.25) is 19.2 Å². The first kappa shape index (κ1) is 37.6. The lowest BCUT2D eigenvalue weighted by Gasteiger charge is -2.10. The molecule has 4 aromatic rings. The largest absolute Gasteiger partial charge is 0.393 e. The van der Waals surface area contributed by atoms with Crippen LogP contribution in [0, 0.1) is 35.5 Å². The zero-order chi connectivity index (χ0) is 37.9. The molecule has 2 aromatic heterocycles. The lowest BCUT2D eigenvalue weighted by atomic mass is 9.98. The highest BCUT2D eigenvalue weighted by Gasteiger charge is 2.56. The van der Waals surface area contributed by atoms with E-state index in [0.29, 0.717) is 96.5 Å². The molecule has 8 heteroatoms. The van der Waals surface area contributed by atoms with E-state index in [0.717, 1.165) is 48.2 Å². The third-order valence-electron chi connectivity index (χ3n) is 12.1. The van der Waals surface area contributed by atoms with Gasteiger partial charge in [-0.25, -0.2) is 9.97 Å². The van der Waals surface area contributed by atoms with Gasteiger partial charge in [-0.15, -0.1) is 0 Å². The summed E-state index contributed by atoms with van der Waals surface area (Å²) in [6.45, 7) is 3.62. The molecule has 0 aliphatic heterocycles. The Hall–Kier alpha value is -4.66. The van der Waals surface area contributed by atoms with Gasteiger partial charge in [-0.2, -0.15) is 0 Å². The lowest BCUT2D eigenvalue weighted by molar-refractivity contribution is 0.0951. The molecule has 2 heterocycles. The Morgan fingerprint density at radius 1 is 0.537 bits per heavy atom. The van der Waals surface area contributed by atoms with E-state index in [1.165, 1.54) is 0 Å². The zero-order valence-corrected chi connectivity index (χ0v) is 31.2. The van der Waals surface area contributed by atoms with Crippen LogP contribution in [0.25, 0.3) is 0 Å². The number of aliphatic hydroxyl groups is 2. The molecule has 4 unspecified atom stereocenters. The van der Waals surface area contributed by atoms with E-state index < -0.39 is 0 Å². The third-order valence-corrected chi connectivity index (χ3v) is 12.1. The van der Waals surface area contributed by atoms with Crippen LogP contribution in [-0.4, -0.2) is 55.5 Å². The second kappa shape index (κ2) is 16.4. The fourth-order valence-corrected chi connectivity index (χ4v) is 9.10. The van der Waals surface area contributed by atoms with Crippen molar-refractivity contribution in [2.24, 2.45) is 35.5 Å². The SMILES string of the molecule is CCC(=O)c1cc(C(=O)CC2[C@H]3CC(O)C[C@@H]23)cc(Cc2ccccc2)n1.CCC(=O)c1cc(C(=O)CC2[C@H]3CC(O)C[C@@H]23)cc(Cc2ccccc2)n1. The van der Waals surface area contributed by atoms with Crippen molar-refractivity contribution in [3.63, 3.8) is 0 Å². The molecule has 0 spiro atoms. The Labute approximate surface area is 317 Å². The van der Waals surface area contributed by atoms with E-state index in [9.17, 15) is 29.4 Å². The Kier molecular flexibility index (Phi) is 11.4. The topological polar surface area (TPSA) is 135 Å². The Bertz CT molecular complexity index is 1840. The van der Waals surface area contributed by atoms with Crippen molar-refractivity contribution in [1.82, 2.24) is 9.97 Å². The maximum atomic E-state index is 12.9. The minimum absolute atomic E-state index is 0.0367. The van der Waals surface area contributed by atoms with Crippen LogP contribution in [0.4, 0.5) is 0 Å². The van der Waals surface area contributed by atoms with Crippen LogP contribution in [0.5, 0.6) is 0 Å². The van der Waals surface area contributed by atoms with Gasteiger partial charge in [-0.1, -0.05) is 74.5 Å². The Balaban J connectivity index is 0.000000167. The van der Waals surface area contributed by atoms with Crippen LogP contribution in [0.3, 0.4) is 0 Å². The molecule has 280 valence electrons. The van der Waals surface area contributed by atoms with Crippen LogP contribution in [0.2, 0.25) is 0 Å². The maximum absolute atomic E-state index is 12.9. The number of aliphatic hydroxyl groups excluding tert-OH is 2. The molecule has 54 heavy (non-hydrogen) atoms. The summed E-state index contributed by atoms with van der Waals surface area (Å²) in [5, 5.41) is 19.3. The van der Waals surface area contributed by atoms with Gasteiger partial charge >= 0.3 is 0 Å². The van der Waals surface area contributed by atoms with Crippen molar-refractivity contribution < 1.29 is 29.4 Å². The van der Waals surface area contributed by atoms with E-state index in [4.69, 9.17) is 0 Å². The molecule has 4 saturated carbocycles. The van der Waals surface area contributed by atoms with E-state index in [2.05, 4.69) is 9.97 Å². The minimum atomic E-state index is -0.182. The average Bonchev–Trinajstić information content (AvgIpc) is 3.83. The lowest BCUT2D eigenvalue weighted by Crippen LogP contribution is -2.11. The first-order valence-corrected chi connectivity index (χ1v) is 19.7. The smallest absolute Gasteiger partial charge is 0.180 e. The summed E-state index contributed by atoms with van der Waals surface area (Å²) in [7, 11) is 0. The molecule has 8 atom stereocenters. The number of hydrogen-bond acceptors (Lipinski definition) is 8. The highest BCUT2D eigenvalue weighted by molar-refractivity contribution is 6.01. The van der Waals surface area contributed by atoms with Gasteiger partial charge in [-0.05, 0) is 96.6 Å². The highest BCUT2D eigenvalue weighted by Crippen LogP contribution is 2.60. The number of carbonyl (C=O) groups excluding carboxylic acids is 4. The standard InChI is InChI=1S/2C23H25NO3/c2*1-2-22(26)21-10-15(9-16(24-21)8-14-6-4-3-5-7-14)23(27)13-20-18-11-17(25)12-19(18)20/h2*3-7,9-10,17-20,25H,2,8,11-13H2,1H3/t2*17?,18-,19+,20?. The molecule has 0 saturated heterocycles. The molecule has 8 nitrogen and oxygen atoms in total. The van der Waals surface area contributed by atoms with E-state index >= 15 is 0 Å². The number of benzene rings is 2. The Morgan fingerprint density at radius 2 is 0.889 bits per heavy atom. The zero-order valence-electron chi connectivity index (χ0n) is 31.2. The first-order valence-electron chi connectivity index (χ1n) is 19.7. The highest BCUT2D eigenvalue weighted by atomic mass is 16.3. The van der Waals surface area contributed by atoms with Crippen LogP contribution in [-0.2, 0) is 12.8 Å². The number of hydrogen-bond donors (Lipinski definition) is 2. The summed E-state index contributed by atoms with van der Waals surface area (Å²) >= 11 is 0. The molecule has 0 bridgehead atoms. The first-order chi connectivity index (χ1) is 26.1. The predicted octanol–water partition coefficient (Wildman–Crippen LogP) is 7.71. The second-order valence-electron chi connectivity index (χ2n) is 15.8. The van der Waals surface area contributed by atoms with Gasteiger partial charge in [0.05, 0.1) is 12.2 Å². The second-order valence-corrected chi connectivity index (χ2v) is 15.8. The fraction of sp³-hybridized carbons (Fsp3) is 0.435. The number of Topliss-reactive ketones (excluding diaryl/α,β-unsaturated/α-hetero) is 4. The van der Waals surface area contributed by atoms with Gasteiger partial charge in [0.1, 0.15) is 11.4 Å². The summed E-state index contributed by atoms with van der Waals surface area (Å²) in [6.07, 6.45) is 5.94. The summed E-state index contributed by atoms with van der Waals surface area (Å²) in [5.74, 6) is 2.93. The monoisotopic (exact) mass is 726 g/mol. The normalized spacial score (nSPS) is 25.9. The van der Waals surface area contributed by atoms with Crippen molar-refractivity contribution >= 4 is 23.1 Å². The van der Waals surface area contributed by atoms with Crippen LogP contribution >= 0.6 is 0 Å². The number of ketones is 4.